The number of nitrogens with one attached hydrogen (secondary N) is 1. The minimum Gasteiger partial charge on any atom is -0.496 e. The number of carboxylic acid groups (broad SMARTS) is 1. The van der Waals surface area contributed by atoms with E-state index in [2.05, 4.69) is 15.3 Å². The predicted octanol–water partition coefficient (Wildman–Crippen LogP) is 5.15. The standard InChI is InChI=1S/C22H14F5N5O3S/c1-35-14-3-2-11(23)19-17(14)18(24)13(8-28)32(19)5-4-29-16-7-12(30-9-31-16)15-6-10(22(25,26)27)20(36-15)21(33)34/h2-3,6-7,9H,4-5H2,1H3,(H,33,34)(H,29,30,31). The fourth-order valence-electron chi connectivity index (χ4n) is 3.65. The quantitative estimate of drug-likeness (QED) is 0.322. The molecule has 14 heteroatoms. The molecule has 36 heavy (non-hydrogen) atoms. The van der Waals surface area contributed by atoms with Crippen LogP contribution in [0.3, 0.4) is 0 Å². The molecule has 0 aliphatic rings. The zero-order valence-electron chi connectivity index (χ0n) is 18.2. The lowest BCUT2D eigenvalue weighted by Crippen LogP contribution is -2.13. The molecule has 0 saturated carbocycles. The van der Waals surface area contributed by atoms with Crippen molar-refractivity contribution in [1.82, 2.24) is 14.5 Å². The average molecular weight is 523 g/mol. The van der Waals surface area contributed by atoms with Gasteiger partial charge in [-0.05, 0) is 18.2 Å². The number of methoxy groups -OCH3 is 1. The third-order valence-electron chi connectivity index (χ3n) is 5.18. The van der Waals surface area contributed by atoms with Crippen LogP contribution in [0.5, 0.6) is 5.75 Å². The predicted molar refractivity (Wildman–Crippen MR) is 119 cm³/mol. The summed E-state index contributed by atoms with van der Waals surface area (Å²) in [4.78, 5) is 18.2. The van der Waals surface area contributed by atoms with E-state index >= 15 is 0 Å². The summed E-state index contributed by atoms with van der Waals surface area (Å²) < 4.78 is 75.2. The molecular formula is C22H14F5N5O3S. The second kappa shape index (κ2) is 9.42. The molecule has 0 fully saturated rings. The maximum absolute atomic E-state index is 14.8. The Bertz CT molecular complexity index is 1520. The summed E-state index contributed by atoms with van der Waals surface area (Å²) in [7, 11) is 1.29. The lowest BCUT2D eigenvalue weighted by atomic mass is 10.2. The molecule has 0 radical (unpaired) electrons. The number of aromatic carboxylic acids is 1. The van der Waals surface area contributed by atoms with Crippen molar-refractivity contribution in [2.45, 2.75) is 12.7 Å². The molecule has 8 nitrogen and oxygen atoms in total. The molecule has 1 aromatic carbocycles. The molecule has 0 amide bonds. The largest absolute Gasteiger partial charge is 0.496 e. The van der Waals surface area contributed by atoms with Crippen LogP contribution in [0.15, 0.2) is 30.6 Å². The molecule has 4 rings (SSSR count). The van der Waals surface area contributed by atoms with Crippen LogP contribution in [0.25, 0.3) is 21.5 Å². The third kappa shape index (κ3) is 4.40. The summed E-state index contributed by atoms with van der Waals surface area (Å²) in [5, 5.41) is 21.2. The van der Waals surface area contributed by atoms with Gasteiger partial charge in [-0.2, -0.15) is 18.4 Å². The fraction of sp³-hybridized carbons (Fsp3) is 0.182. The van der Waals surface area contributed by atoms with Gasteiger partial charge >= 0.3 is 12.1 Å². The van der Waals surface area contributed by atoms with E-state index in [1.54, 1.807) is 6.07 Å². The summed E-state index contributed by atoms with van der Waals surface area (Å²) in [6.45, 7) is -0.0588. The number of halogens is 5. The molecular weight excluding hydrogens is 509 g/mol. The number of aromatic nitrogens is 3. The van der Waals surface area contributed by atoms with Crippen molar-refractivity contribution in [1.29, 1.82) is 5.26 Å². The number of benzene rings is 1. The highest BCUT2D eigenvalue weighted by Gasteiger charge is 2.37. The Morgan fingerprint density at radius 2 is 2.03 bits per heavy atom. The van der Waals surface area contributed by atoms with Gasteiger partial charge in [0, 0.05) is 19.2 Å². The minimum atomic E-state index is -4.86. The molecule has 0 saturated heterocycles. The number of thiophene rings is 1. The lowest BCUT2D eigenvalue weighted by Gasteiger charge is -2.10. The highest BCUT2D eigenvalue weighted by atomic mass is 32.1. The van der Waals surface area contributed by atoms with Crippen LogP contribution >= 0.6 is 11.3 Å². The first-order valence-corrected chi connectivity index (χ1v) is 10.8. The van der Waals surface area contributed by atoms with E-state index in [1.165, 1.54) is 19.2 Å². The number of anilines is 1. The van der Waals surface area contributed by atoms with Crippen molar-refractivity contribution in [2.24, 2.45) is 0 Å². The summed E-state index contributed by atoms with van der Waals surface area (Å²) in [5.41, 5.74) is -1.81. The number of hydrogen-bond donors (Lipinski definition) is 2. The Labute approximate surface area is 203 Å². The highest BCUT2D eigenvalue weighted by molar-refractivity contribution is 7.17. The van der Waals surface area contributed by atoms with Crippen LogP contribution < -0.4 is 10.1 Å². The molecule has 3 aromatic heterocycles. The Morgan fingerprint density at radius 3 is 2.64 bits per heavy atom. The smallest absolute Gasteiger partial charge is 0.418 e. The van der Waals surface area contributed by atoms with E-state index in [1.807, 2.05) is 0 Å². The number of fused-ring (bicyclic) bond motifs is 1. The molecule has 0 aliphatic heterocycles. The number of carbonyl (C=O) groups is 1. The van der Waals surface area contributed by atoms with Gasteiger partial charge in [0.1, 0.15) is 34.7 Å². The molecule has 0 unspecified atom stereocenters. The average Bonchev–Trinajstić information content (AvgIpc) is 3.41. The maximum Gasteiger partial charge on any atom is 0.418 e. The molecule has 0 aliphatic carbocycles. The number of ether oxygens (including phenoxy) is 1. The van der Waals surface area contributed by atoms with E-state index in [0.29, 0.717) is 17.4 Å². The SMILES string of the molecule is COc1ccc(F)c2c1c(F)c(C#N)n2CCNc1cc(-c2cc(C(F)(F)F)c(C(=O)O)s2)ncn1. The normalized spacial score (nSPS) is 11.5. The second-order valence-corrected chi connectivity index (χ2v) is 8.32. The van der Waals surface area contributed by atoms with Gasteiger partial charge < -0.3 is 19.7 Å². The van der Waals surface area contributed by atoms with E-state index in [9.17, 15) is 32.0 Å². The lowest BCUT2D eigenvalue weighted by molar-refractivity contribution is -0.137. The summed E-state index contributed by atoms with van der Waals surface area (Å²) in [5.74, 6) is -3.19. The van der Waals surface area contributed by atoms with Crippen LogP contribution in [-0.2, 0) is 12.7 Å². The zero-order valence-corrected chi connectivity index (χ0v) is 19.0. The Balaban J connectivity index is 1.60. The van der Waals surface area contributed by atoms with Crippen molar-refractivity contribution in [3.63, 3.8) is 0 Å². The molecule has 0 spiro atoms. The van der Waals surface area contributed by atoms with Gasteiger partial charge in [-0.15, -0.1) is 11.3 Å². The molecule has 2 N–H and O–H groups in total. The summed E-state index contributed by atoms with van der Waals surface area (Å²) in [6, 6.07) is 6.05. The van der Waals surface area contributed by atoms with Gasteiger partial charge in [-0.25, -0.2) is 23.5 Å². The van der Waals surface area contributed by atoms with E-state index in [4.69, 9.17) is 9.84 Å². The number of rotatable bonds is 7. The first-order chi connectivity index (χ1) is 17.1. The van der Waals surface area contributed by atoms with E-state index < -0.39 is 39.9 Å². The molecule has 0 atom stereocenters. The molecule has 186 valence electrons. The molecule has 0 bridgehead atoms. The number of carboxylic acids is 1. The number of alkyl halides is 3. The molecule has 3 heterocycles. The highest BCUT2D eigenvalue weighted by Crippen LogP contribution is 2.40. The Kier molecular flexibility index (Phi) is 6.51. The van der Waals surface area contributed by atoms with Gasteiger partial charge in [-0.3, -0.25) is 0 Å². The van der Waals surface area contributed by atoms with Gasteiger partial charge in [0.15, 0.2) is 11.5 Å². The van der Waals surface area contributed by atoms with Crippen molar-refractivity contribution < 1.29 is 36.6 Å². The zero-order chi connectivity index (χ0) is 26.2. The topological polar surface area (TPSA) is 113 Å². The van der Waals surface area contributed by atoms with Crippen LogP contribution in [0, 0.1) is 23.0 Å². The van der Waals surface area contributed by atoms with Gasteiger partial charge in [0.05, 0.1) is 34.1 Å². The van der Waals surface area contributed by atoms with Gasteiger partial charge in [-0.1, -0.05) is 0 Å². The van der Waals surface area contributed by atoms with Gasteiger partial charge in [0.2, 0.25) is 0 Å². The van der Waals surface area contributed by atoms with Crippen LogP contribution in [0.4, 0.5) is 27.8 Å². The van der Waals surface area contributed by atoms with Crippen LogP contribution in [-0.4, -0.2) is 39.3 Å². The van der Waals surface area contributed by atoms with Crippen molar-refractivity contribution in [3.8, 4) is 22.4 Å². The Morgan fingerprint density at radius 1 is 1.28 bits per heavy atom. The summed E-state index contributed by atoms with van der Waals surface area (Å²) in [6.07, 6.45) is -3.79. The second-order valence-electron chi connectivity index (χ2n) is 7.27. The Hall–Kier alpha value is -4.25. The van der Waals surface area contributed by atoms with Crippen LogP contribution in [0.1, 0.15) is 20.9 Å². The number of hydrogen-bond acceptors (Lipinski definition) is 7. The minimum absolute atomic E-state index is 0.0175. The van der Waals surface area contributed by atoms with Crippen molar-refractivity contribution in [3.05, 3.63) is 58.4 Å². The maximum atomic E-state index is 14.8. The third-order valence-corrected chi connectivity index (χ3v) is 6.32. The van der Waals surface area contributed by atoms with Crippen LogP contribution in [0.2, 0.25) is 0 Å². The first-order valence-electron chi connectivity index (χ1n) is 10.0. The monoisotopic (exact) mass is 523 g/mol. The summed E-state index contributed by atoms with van der Waals surface area (Å²) >= 11 is 0.418. The van der Waals surface area contributed by atoms with Gasteiger partial charge in [0.25, 0.3) is 0 Å². The number of nitriles is 1. The number of nitrogens with zero attached hydrogens (tertiary/aromatic N) is 4. The fourth-order valence-corrected chi connectivity index (χ4v) is 4.63. The van der Waals surface area contributed by atoms with Crippen molar-refractivity contribution >= 4 is 34.0 Å². The van der Waals surface area contributed by atoms with Crippen molar-refractivity contribution in [2.75, 3.05) is 19.0 Å². The first kappa shape index (κ1) is 24.9. The molecule has 4 aromatic rings. The van der Waals surface area contributed by atoms with E-state index in [-0.39, 0.29) is 46.1 Å². The van der Waals surface area contributed by atoms with E-state index in [0.717, 1.165) is 17.0 Å².